The van der Waals surface area contributed by atoms with E-state index in [-0.39, 0.29) is 18.3 Å². The zero-order chi connectivity index (χ0) is 12.7. The molecule has 0 aliphatic rings. The first kappa shape index (κ1) is 13.1. The summed E-state index contributed by atoms with van der Waals surface area (Å²) in [5.41, 5.74) is 0.705. The van der Waals surface area contributed by atoms with Gasteiger partial charge in [0.2, 0.25) is 0 Å². The van der Waals surface area contributed by atoms with Crippen molar-refractivity contribution in [2.45, 2.75) is 13.0 Å². The highest BCUT2D eigenvalue weighted by molar-refractivity contribution is 5.77. The first-order valence-corrected chi connectivity index (χ1v) is 5.31. The molecule has 4 nitrogen and oxygen atoms in total. The lowest BCUT2D eigenvalue weighted by molar-refractivity contribution is -0.145. The van der Waals surface area contributed by atoms with Crippen LogP contribution >= 0.6 is 0 Å². The number of nitrogens with one attached hydrogen (secondary N) is 1. The number of terminal acetylenes is 1. The molecule has 0 amide bonds. The lowest BCUT2D eigenvalue weighted by atomic mass is 10.1. The molecule has 1 rings (SSSR count). The second kappa shape index (κ2) is 6.56. The van der Waals surface area contributed by atoms with Gasteiger partial charge in [0, 0.05) is 0 Å². The maximum absolute atomic E-state index is 11.7. The molecule has 90 valence electrons. The van der Waals surface area contributed by atoms with E-state index in [1.165, 1.54) is 12.1 Å². The first-order chi connectivity index (χ1) is 8.19. The molecule has 0 aliphatic heterocycles. The number of rotatable bonds is 5. The van der Waals surface area contributed by atoms with Gasteiger partial charge in [0.1, 0.15) is 11.8 Å². The highest BCUT2D eigenvalue weighted by Crippen LogP contribution is 2.18. The van der Waals surface area contributed by atoms with Crippen molar-refractivity contribution in [2.75, 3.05) is 13.2 Å². The molecule has 17 heavy (non-hydrogen) atoms. The smallest absolute Gasteiger partial charge is 0.327 e. The van der Waals surface area contributed by atoms with E-state index in [0.717, 1.165) is 0 Å². The van der Waals surface area contributed by atoms with Gasteiger partial charge in [-0.05, 0) is 24.6 Å². The predicted molar refractivity (Wildman–Crippen MR) is 64.3 cm³/mol. The summed E-state index contributed by atoms with van der Waals surface area (Å²) in [4.78, 5) is 11.7. The minimum atomic E-state index is -0.605. The fourth-order valence-corrected chi connectivity index (χ4v) is 1.39. The number of benzene rings is 1. The summed E-state index contributed by atoms with van der Waals surface area (Å²) >= 11 is 0. The number of phenols is 1. The highest BCUT2D eigenvalue weighted by Gasteiger charge is 2.20. The van der Waals surface area contributed by atoms with Gasteiger partial charge in [0.15, 0.2) is 0 Å². The third kappa shape index (κ3) is 3.82. The Morgan fingerprint density at radius 1 is 1.53 bits per heavy atom. The van der Waals surface area contributed by atoms with Crippen LogP contribution < -0.4 is 5.32 Å². The Bertz CT molecular complexity index is 406. The third-order valence-electron chi connectivity index (χ3n) is 2.16. The van der Waals surface area contributed by atoms with E-state index in [1.54, 1.807) is 19.1 Å². The van der Waals surface area contributed by atoms with Crippen LogP contribution in [0.5, 0.6) is 5.75 Å². The summed E-state index contributed by atoms with van der Waals surface area (Å²) in [6.45, 7) is 2.32. The van der Waals surface area contributed by atoms with E-state index in [2.05, 4.69) is 11.2 Å². The topological polar surface area (TPSA) is 58.6 Å². The molecule has 0 heterocycles. The molecule has 1 unspecified atom stereocenters. The summed E-state index contributed by atoms with van der Waals surface area (Å²) in [5.74, 6) is 2.17. The Morgan fingerprint density at radius 2 is 2.18 bits per heavy atom. The first-order valence-electron chi connectivity index (χ1n) is 5.31. The van der Waals surface area contributed by atoms with Crippen LogP contribution in [0.15, 0.2) is 24.3 Å². The van der Waals surface area contributed by atoms with Crippen LogP contribution in [0.25, 0.3) is 0 Å². The number of aromatic hydroxyl groups is 1. The fraction of sp³-hybridized carbons (Fsp3) is 0.308. The number of ether oxygens (including phenoxy) is 1. The summed E-state index contributed by atoms with van der Waals surface area (Å²) in [6, 6.07) is 5.73. The van der Waals surface area contributed by atoms with E-state index in [0.29, 0.717) is 12.2 Å². The Balaban J connectivity index is 2.85. The van der Waals surface area contributed by atoms with Crippen molar-refractivity contribution in [3.05, 3.63) is 29.8 Å². The molecule has 0 aliphatic carbocycles. The summed E-state index contributed by atoms with van der Waals surface area (Å²) in [5, 5.41) is 12.1. The average Bonchev–Trinajstić information content (AvgIpc) is 2.32. The number of esters is 1. The predicted octanol–water partition coefficient (Wildman–Crippen LogP) is 1.22. The van der Waals surface area contributed by atoms with Crippen LogP contribution in [-0.4, -0.2) is 24.2 Å². The van der Waals surface area contributed by atoms with Gasteiger partial charge in [0.05, 0.1) is 13.2 Å². The van der Waals surface area contributed by atoms with Crippen LogP contribution in [0.3, 0.4) is 0 Å². The number of hydrogen-bond donors (Lipinski definition) is 2. The Morgan fingerprint density at radius 3 is 2.71 bits per heavy atom. The number of carbonyl (C=O) groups is 1. The quantitative estimate of drug-likeness (QED) is 0.593. The van der Waals surface area contributed by atoms with Crippen molar-refractivity contribution in [2.24, 2.45) is 0 Å². The maximum Gasteiger partial charge on any atom is 0.327 e. The third-order valence-corrected chi connectivity index (χ3v) is 2.16. The second-order valence-corrected chi connectivity index (χ2v) is 3.36. The molecule has 4 heteroatoms. The van der Waals surface area contributed by atoms with Gasteiger partial charge in [-0.3, -0.25) is 5.32 Å². The maximum atomic E-state index is 11.7. The number of carbonyl (C=O) groups excluding carboxylic acids is 1. The van der Waals surface area contributed by atoms with Crippen LogP contribution in [0, 0.1) is 12.3 Å². The van der Waals surface area contributed by atoms with Crippen LogP contribution in [-0.2, 0) is 9.53 Å². The van der Waals surface area contributed by atoms with Crippen LogP contribution in [0.2, 0.25) is 0 Å². The average molecular weight is 233 g/mol. The summed E-state index contributed by atoms with van der Waals surface area (Å²) < 4.78 is 4.95. The van der Waals surface area contributed by atoms with E-state index < -0.39 is 6.04 Å². The molecule has 0 spiro atoms. The van der Waals surface area contributed by atoms with Crippen molar-refractivity contribution in [3.63, 3.8) is 0 Å². The largest absolute Gasteiger partial charge is 0.508 e. The van der Waals surface area contributed by atoms with Crippen molar-refractivity contribution in [1.29, 1.82) is 0 Å². The van der Waals surface area contributed by atoms with Gasteiger partial charge >= 0.3 is 5.97 Å². The van der Waals surface area contributed by atoms with E-state index in [9.17, 15) is 9.90 Å². The molecule has 0 saturated carbocycles. The highest BCUT2D eigenvalue weighted by atomic mass is 16.5. The van der Waals surface area contributed by atoms with Crippen molar-refractivity contribution >= 4 is 5.97 Å². The SMILES string of the molecule is C#CCNC(C(=O)OCC)c1ccc(O)cc1. The second-order valence-electron chi connectivity index (χ2n) is 3.36. The molecular weight excluding hydrogens is 218 g/mol. The van der Waals surface area contributed by atoms with E-state index >= 15 is 0 Å². The van der Waals surface area contributed by atoms with Gasteiger partial charge in [0.25, 0.3) is 0 Å². The van der Waals surface area contributed by atoms with E-state index in [1.807, 2.05) is 0 Å². The molecular formula is C13H15NO3. The zero-order valence-corrected chi connectivity index (χ0v) is 9.64. The van der Waals surface area contributed by atoms with Crippen molar-refractivity contribution < 1.29 is 14.6 Å². The monoisotopic (exact) mass is 233 g/mol. The fourth-order valence-electron chi connectivity index (χ4n) is 1.39. The Labute approximate surface area is 101 Å². The van der Waals surface area contributed by atoms with Gasteiger partial charge in [-0.25, -0.2) is 4.79 Å². The van der Waals surface area contributed by atoms with Crippen molar-refractivity contribution in [1.82, 2.24) is 5.32 Å². The molecule has 0 fully saturated rings. The molecule has 2 N–H and O–H groups in total. The molecule has 0 radical (unpaired) electrons. The molecule has 1 aromatic carbocycles. The van der Waals surface area contributed by atoms with Gasteiger partial charge in [-0.1, -0.05) is 18.1 Å². The van der Waals surface area contributed by atoms with Gasteiger partial charge in [-0.2, -0.15) is 0 Å². The number of phenolic OH excluding ortho intramolecular Hbond substituents is 1. The molecule has 1 atom stereocenters. The van der Waals surface area contributed by atoms with Gasteiger partial charge < -0.3 is 9.84 Å². The molecule has 1 aromatic rings. The minimum Gasteiger partial charge on any atom is -0.508 e. The van der Waals surface area contributed by atoms with Crippen molar-refractivity contribution in [3.8, 4) is 18.1 Å². The Hall–Kier alpha value is -1.99. The van der Waals surface area contributed by atoms with Gasteiger partial charge in [-0.15, -0.1) is 6.42 Å². The zero-order valence-electron chi connectivity index (χ0n) is 9.64. The summed E-state index contributed by atoms with van der Waals surface area (Å²) in [6.07, 6.45) is 5.15. The summed E-state index contributed by atoms with van der Waals surface area (Å²) in [7, 11) is 0. The lowest BCUT2D eigenvalue weighted by Gasteiger charge is -2.16. The van der Waals surface area contributed by atoms with Crippen LogP contribution in [0.4, 0.5) is 0 Å². The molecule has 0 bridgehead atoms. The molecule has 0 aromatic heterocycles. The molecule has 0 saturated heterocycles. The standard InChI is InChI=1S/C13H15NO3/c1-3-9-14-12(13(16)17-4-2)10-5-7-11(15)8-6-10/h1,5-8,12,14-15H,4,9H2,2H3. The minimum absolute atomic E-state index is 0.147. The normalized spacial score (nSPS) is 11.5. The van der Waals surface area contributed by atoms with E-state index in [4.69, 9.17) is 11.2 Å². The number of hydrogen-bond acceptors (Lipinski definition) is 4. The Kier molecular flexibility index (Phi) is 5.05. The van der Waals surface area contributed by atoms with Crippen LogP contribution in [0.1, 0.15) is 18.5 Å². The lowest BCUT2D eigenvalue weighted by Crippen LogP contribution is -2.30.